The quantitative estimate of drug-likeness (QED) is 0.625. The van der Waals surface area contributed by atoms with Gasteiger partial charge in [0.05, 0.1) is 4.91 Å². The minimum Gasteiger partial charge on any atom is -0.480 e. The standard InChI is InChI=1S/C16H16FNO3S2/c1-2-3-7-12(15(20)21)18-14(19)13(23-16(18)22)9-10-5-4-6-11(17)8-10/h4-6,8-9,12H,2-3,7H2,1H3,(H,20,21)/b13-9-/t12-/m0/s1. The summed E-state index contributed by atoms with van der Waals surface area (Å²) < 4.78 is 13.5. The van der Waals surface area contributed by atoms with Crippen LogP contribution in [-0.2, 0) is 9.59 Å². The van der Waals surface area contributed by atoms with E-state index in [-0.39, 0.29) is 4.32 Å². The number of thiocarbonyl (C=S) groups is 1. The molecule has 0 aromatic heterocycles. The number of carboxylic acid groups (broad SMARTS) is 1. The lowest BCUT2D eigenvalue weighted by Gasteiger charge is -2.22. The minimum atomic E-state index is -1.07. The Hall–Kier alpha value is -1.73. The molecule has 0 unspecified atom stereocenters. The predicted octanol–water partition coefficient (Wildman–Crippen LogP) is 3.67. The van der Waals surface area contributed by atoms with Gasteiger partial charge in [0.1, 0.15) is 16.2 Å². The summed E-state index contributed by atoms with van der Waals surface area (Å²) in [6.45, 7) is 1.95. The molecule has 1 atom stereocenters. The summed E-state index contributed by atoms with van der Waals surface area (Å²) >= 11 is 6.22. The Morgan fingerprint density at radius 1 is 1.52 bits per heavy atom. The highest BCUT2D eigenvalue weighted by atomic mass is 32.2. The summed E-state index contributed by atoms with van der Waals surface area (Å²) in [5.74, 6) is -1.91. The van der Waals surface area contributed by atoms with Crippen molar-refractivity contribution in [3.8, 4) is 0 Å². The first-order chi connectivity index (χ1) is 10.9. The average Bonchev–Trinajstić information content (AvgIpc) is 2.75. The van der Waals surface area contributed by atoms with E-state index in [1.54, 1.807) is 12.1 Å². The van der Waals surface area contributed by atoms with Crippen LogP contribution in [0, 0.1) is 5.82 Å². The molecule has 7 heteroatoms. The topological polar surface area (TPSA) is 57.6 Å². The molecule has 1 heterocycles. The highest BCUT2D eigenvalue weighted by molar-refractivity contribution is 8.26. The molecular formula is C16H16FNO3S2. The smallest absolute Gasteiger partial charge is 0.326 e. The zero-order valence-electron chi connectivity index (χ0n) is 12.5. The second-order valence-corrected chi connectivity index (χ2v) is 6.78. The summed E-state index contributed by atoms with van der Waals surface area (Å²) in [5.41, 5.74) is 0.533. The SMILES string of the molecule is CCCC[C@@H](C(=O)O)N1C(=O)/C(=C/c2cccc(F)c2)SC1=S. The van der Waals surface area contributed by atoms with Crippen molar-refractivity contribution in [3.63, 3.8) is 0 Å². The summed E-state index contributed by atoms with van der Waals surface area (Å²) in [5, 5.41) is 9.38. The van der Waals surface area contributed by atoms with Crippen molar-refractivity contribution < 1.29 is 19.1 Å². The Labute approximate surface area is 143 Å². The number of aliphatic carboxylic acids is 1. The molecule has 0 bridgehead atoms. The zero-order chi connectivity index (χ0) is 17.0. The predicted molar refractivity (Wildman–Crippen MR) is 92.4 cm³/mol. The van der Waals surface area contributed by atoms with Crippen molar-refractivity contribution in [2.24, 2.45) is 0 Å². The number of halogens is 1. The molecular weight excluding hydrogens is 337 g/mol. The Kier molecular flexibility index (Phi) is 5.90. The molecule has 4 nitrogen and oxygen atoms in total. The van der Waals surface area contributed by atoms with E-state index < -0.39 is 23.7 Å². The minimum absolute atomic E-state index is 0.223. The molecule has 1 amide bonds. The molecule has 2 rings (SSSR count). The molecule has 1 saturated heterocycles. The normalized spacial score (nSPS) is 17.8. The van der Waals surface area contributed by atoms with E-state index in [9.17, 15) is 19.1 Å². The van der Waals surface area contributed by atoms with Crippen molar-refractivity contribution in [1.29, 1.82) is 0 Å². The Morgan fingerprint density at radius 3 is 2.87 bits per heavy atom. The van der Waals surface area contributed by atoms with Crippen LogP contribution < -0.4 is 0 Å². The summed E-state index contributed by atoms with van der Waals surface area (Å²) in [6, 6.07) is 4.87. The van der Waals surface area contributed by atoms with E-state index in [4.69, 9.17) is 12.2 Å². The maximum absolute atomic E-state index is 13.2. The van der Waals surface area contributed by atoms with Gasteiger partial charge in [-0.3, -0.25) is 9.69 Å². The van der Waals surface area contributed by atoms with Crippen LogP contribution in [-0.4, -0.2) is 32.2 Å². The van der Waals surface area contributed by atoms with Crippen LogP contribution in [0.1, 0.15) is 31.7 Å². The summed E-state index contributed by atoms with van der Waals surface area (Å²) in [6.07, 6.45) is 3.40. The second-order valence-electron chi connectivity index (χ2n) is 5.10. The van der Waals surface area contributed by atoms with Gasteiger partial charge in [0.15, 0.2) is 0 Å². The number of benzene rings is 1. The number of nitrogens with zero attached hydrogens (tertiary/aromatic N) is 1. The van der Waals surface area contributed by atoms with Crippen LogP contribution in [0.3, 0.4) is 0 Å². The third-order valence-corrected chi connectivity index (χ3v) is 4.73. The number of carbonyl (C=O) groups is 2. The van der Waals surface area contributed by atoms with Crippen molar-refractivity contribution in [3.05, 3.63) is 40.6 Å². The van der Waals surface area contributed by atoms with E-state index in [1.807, 2.05) is 6.92 Å². The van der Waals surface area contributed by atoms with Gasteiger partial charge in [-0.15, -0.1) is 0 Å². The molecule has 1 aliphatic rings. The fraction of sp³-hybridized carbons (Fsp3) is 0.312. The number of hydrogen-bond donors (Lipinski definition) is 1. The number of unbranched alkanes of at least 4 members (excludes halogenated alkanes) is 1. The molecule has 0 saturated carbocycles. The maximum atomic E-state index is 13.2. The number of carbonyl (C=O) groups excluding carboxylic acids is 1. The fourth-order valence-electron chi connectivity index (χ4n) is 2.26. The van der Waals surface area contributed by atoms with E-state index in [1.165, 1.54) is 18.2 Å². The van der Waals surface area contributed by atoms with Crippen molar-refractivity contribution in [1.82, 2.24) is 4.90 Å². The Morgan fingerprint density at radius 2 is 2.26 bits per heavy atom. The first-order valence-corrected chi connectivity index (χ1v) is 8.42. The number of carboxylic acids is 1. The van der Waals surface area contributed by atoms with Gasteiger partial charge in [-0.2, -0.15) is 0 Å². The van der Waals surface area contributed by atoms with Crippen molar-refractivity contribution in [2.45, 2.75) is 32.2 Å². The molecule has 1 aromatic carbocycles. The van der Waals surface area contributed by atoms with Crippen LogP contribution in [0.2, 0.25) is 0 Å². The highest BCUT2D eigenvalue weighted by Gasteiger charge is 2.40. The molecule has 0 aliphatic carbocycles. The first-order valence-electron chi connectivity index (χ1n) is 7.19. The number of thioether (sulfide) groups is 1. The van der Waals surface area contributed by atoms with Gasteiger partial charge in [0, 0.05) is 0 Å². The van der Waals surface area contributed by atoms with Crippen molar-refractivity contribution in [2.75, 3.05) is 0 Å². The van der Waals surface area contributed by atoms with Gasteiger partial charge < -0.3 is 5.11 Å². The Balaban J connectivity index is 2.26. The lowest BCUT2D eigenvalue weighted by atomic mass is 10.1. The molecule has 1 aliphatic heterocycles. The van der Waals surface area contributed by atoms with Crippen molar-refractivity contribution >= 4 is 46.3 Å². The average molecular weight is 353 g/mol. The van der Waals surface area contributed by atoms with Gasteiger partial charge in [-0.05, 0) is 30.2 Å². The largest absolute Gasteiger partial charge is 0.480 e. The molecule has 1 aromatic rings. The molecule has 0 spiro atoms. The van der Waals surface area contributed by atoms with E-state index in [2.05, 4.69) is 0 Å². The first kappa shape index (κ1) is 17.6. The highest BCUT2D eigenvalue weighted by Crippen LogP contribution is 2.35. The van der Waals surface area contributed by atoms with Gasteiger partial charge in [-0.1, -0.05) is 55.9 Å². The van der Waals surface area contributed by atoms with Crippen LogP contribution in [0.4, 0.5) is 4.39 Å². The van der Waals surface area contributed by atoms with Gasteiger partial charge in [0.2, 0.25) is 0 Å². The molecule has 1 fully saturated rings. The third-order valence-electron chi connectivity index (χ3n) is 3.40. The Bertz CT molecular complexity index is 675. The third kappa shape index (κ3) is 4.17. The number of amides is 1. The fourth-order valence-corrected chi connectivity index (χ4v) is 3.61. The van der Waals surface area contributed by atoms with Crippen LogP contribution in [0.25, 0.3) is 6.08 Å². The molecule has 0 radical (unpaired) electrons. The lowest BCUT2D eigenvalue weighted by Crippen LogP contribution is -2.43. The second kappa shape index (κ2) is 7.70. The zero-order valence-corrected chi connectivity index (χ0v) is 14.1. The number of rotatable bonds is 6. The summed E-state index contributed by atoms with van der Waals surface area (Å²) in [4.78, 5) is 25.4. The number of hydrogen-bond acceptors (Lipinski definition) is 4. The van der Waals surface area contributed by atoms with E-state index in [0.717, 1.165) is 23.1 Å². The van der Waals surface area contributed by atoms with Crippen LogP contribution in [0.5, 0.6) is 0 Å². The summed E-state index contributed by atoms with van der Waals surface area (Å²) in [7, 11) is 0. The van der Waals surface area contributed by atoms with E-state index >= 15 is 0 Å². The molecule has 23 heavy (non-hydrogen) atoms. The van der Waals surface area contributed by atoms with Gasteiger partial charge >= 0.3 is 5.97 Å². The van der Waals surface area contributed by atoms with Crippen LogP contribution in [0.15, 0.2) is 29.2 Å². The monoisotopic (exact) mass is 353 g/mol. The van der Waals surface area contributed by atoms with Crippen LogP contribution >= 0.6 is 24.0 Å². The molecule has 122 valence electrons. The van der Waals surface area contributed by atoms with E-state index in [0.29, 0.717) is 23.3 Å². The van der Waals surface area contributed by atoms with Gasteiger partial charge in [0.25, 0.3) is 5.91 Å². The molecule has 1 N–H and O–H groups in total. The maximum Gasteiger partial charge on any atom is 0.326 e. The van der Waals surface area contributed by atoms with Gasteiger partial charge in [-0.25, -0.2) is 9.18 Å². The lowest BCUT2D eigenvalue weighted by molar-refractivity contribution is -0.145.